The lowest BCUT2D eigenvalue weighted by atomic mass is 9.75. The van der Waals surface area contributed by atoms with Gasteiger partial charge in [0.2, 0.25) is 0 Å². The van der Waals surface area contributed by atoms with E-state index >= 15 is 0 Å². The number of carbonyl (C=O) groups excluding carboxylic acids is 1. The minimum absolute atomic E-state index is 0.0155. The maximum Gasteiger partial charge on any atom is 0.253 e. The molecule has 2 aromatic rings. The Morgan fingerprint density at radius 1 is 1.14 bits per heavy atom. The SMILES string of the molecule is COc1ccc(Oc2ccc(C(=O)N3C[C@@H]4COCC[C@]4(CO)C3)cc2)cc1. The van der Waals surface area contributed by atoms with Gasteiger partial charge in [0, 0.05) is 36.6 Å². The van der Waals surface area contributed by atoms with Crippen LogP contribution in [0.4, 0.5) is 0 Å². The number of hydrogen-bond acceptors (Lipinski definition) is 5. The first-order valence-corrected chi connectivity index (χ1v) is 9.53. The van der Waals surface area contributed by atoms with Crippen LogP contribution in [0.2, 0.25) is 0 Å². The molecule has 0 saturated carbocycles. The first-order chi connectivity index (χ1) is 13.6. The summed E-state index contributed by atoms with van der Waals surface area (Å²) in [6.45, 7) is 2.57. The first kappa shape index (κ1) is 18.8. The summed E-state index contributed by atoms with van der Waals surface area (Å²) < 4.78 is 16.5. The van der Waals surface area contributed by atoms with E-state index in [0.717, 1.165) is 12.2 Å². The number of nitrogens with zero attached hydrogens (tertiary/aromatic N) is 1. The third-order valence-electron chi connectivity index (χ3n) is 5.87. The molecule has 2 heterocycles. The molecule has 0 aromatic heterocycles. The zero-order valence-electron chi connectivity index (χ0n) is 16.0. The largest absolute Gasteiger partial charge is 0.497 e. The van der Waals surface area contributed by atoms with Crippen LogP contribution in [-0.2, 0) is 4.74 Å². The van der Waals surface area contributed by atoms with Gasteiger partial charge >= 0.3 is 0 Å². The van der Waals surface area contributed by atoms with E-state index < -0.39 is 0 Å². The summed E-state index contributed by atoms with van der Waals surface area (Å²) in [6.07, 6.45) is 0.798. The van der Waals surface area contributed by atoms with Gasteiger partial charge in [-0.3, -0.25) is 4.79 Å². The molecule has 4 rings (SSSR count). The van der Waals surface area contributed by atoms with E-state index in [1.54, 1.807) is 31.4 Å². The second-order valence-corrected chi connectivity index (χ2v) is 7.53. The van der Waals surface area contributed by atoms with E-state index in [0.29, 0.717) is 43.4 Å². The van der Waals surface area contributed by atoms with Crippen molar-refractivity contribution in [3.8, 4) is 17.2 Å². The lowest BCUT2D eigenvalue weighted by molar-refractivity contribution is -0.0415. The molecule has 0 bridgehead atoms. The smallest absolute Gasteiger partial charge is 0.253 e. The van der Waals surface area contributed by atoms with Crippen LogP contribution in [0, 0.1) is 11.3 Å². The summed E-state index contributed by atoms with van der Waals surface area (Å²) in [5, 5.41) is 9.91. The predicted octanol–water partition coefficient (Wildman–Crippen LogP) is 2.96. The maximum atomic E-state index is 12.9. The van der Waals surface area contributed by atoms with Crippen molar-refractivity contribution in [2.75, 3.05) is 40.0 Å². The molecule has 2 fully saturated rings. The lowest BCUT2D eigenvalue weighted by Gasteiger charge is -2.36. The highest BCUT2D eigenvalue weighted by atomic mass is 16.5. The molecular formula is C22H25NO5. The lowest BCUT2D eigenvalue weighted by Crippen LogP contribution is -2.41. The third-order valence-corrected chi connectivity index (χ3v) is 5.87. The minimum atomic E-state index is -0.217. The molecule has 148 valence electrons. The number of aliphatic hydroxyl groups is 1. The molecule has 6 heteroatoms. The number of amides is 1. The summed E-state index contributed by atoms with van der Waals surface area (Å²) in [4.78, 5) is 14.8. The van der Waals surface area contributed by atoms with E-state index in [4.69, 9.17) is 14.2 Å². The van der Waals surface area contributed by atoms with Crippen LogP contribution in [-0.4, -0.2) is 55.9 Å². The Labute approximate surface area is 164 Å². The van der Waals surface area contributed by atoms with Gasteiger partial charge in [-0.1, -0.05) is 0 Å². The van der Waals surface area contributed by atoms with Crippen LogP contribution in [0.1, 0.15) is 16.8 Å². The molecule has 1 N–H and O–H groups in total. The van der Waals surface area contributed by atoms with Gasteiger partial charge in [0.05, 0.1) is 20.3 Å². The van der Waals surface area contributed by atoms with E-state index in [1.807, 2.05) is 29.2 Å². The van der Waals surface area contributed by atoms with Crippen LogP contribution in [0.15, 0.2) is 48.5 Å². The Hall–Kier alpha value is -2.57. The fraction of sp³-hybridized carbons (Fsp3) is 0.409. The number of carbonyl (C=O) groups is 1. The van der Waals surface area contributed by atoms with Gasteiger partial charge in [-0.15, -0.1) is 0 Å². The van der Waals surface area contributed by atoms with Crippen LogP contribution >= 0.6 is 0 Å². The maximum absolute atomic E-state index is 12.9. The summed E-state index contributed by atoms with van der Waals surface area (Å²) in [7, 11) is 1.62. The first-order valence-electron chi connectivity index (χ1n) is 9.53. The topological polar surface area (TPSA) is 68.2 Å². The number of likely N-dealkylation sites (tertiary alicyclic amines) is 1. The van der Waals surface area contributed by atoms with Crippen molar-refractivity contribution in [3.05, 3.63) is 54.1 Å². The van der Waals surface area contributed by atoms with Crippen molar-refractivity contribution in [3.63, 3.8) is 0 Å². The predicted molar refractivity (Wildman–Crippen MR) is 104 cm³/mol. The van der Waals surface area contributed by atoms with Crippen molar-refractivity contribution in [1.29, 1.82) is 0 Å². The van der Waals surface area contributed by atoms with Crippen LogP contribution < -0.4 is 9.47 Å². The molecule has 1 amide bonds. The molecular weight excluding hydrogens is 358 g/mol. The molecule has 28 heavy (non-hydrogen) atoms. The van der Waals surface area contributed by atoms with Gasteiger partial charge in [0.15, 0.2) is 0 Å². The standard InChI is InChI=1S/C22H25NO5/c1-26-18-6-8-20(9-7-18)28-19-4-2-16(3-5-19)21(25)23-12-17-13-27-11-10-22(17,14-23)15-24/h2-9,17,24H,10-15H2,1H3/t17-,22-/m1/s1. The van der Waals surface area contributed by atoms with Crippen molar-refractivity contribution >= 4 is 5.91 Å². The summed E-state index contributed by atoms with van der Waals surface area (Å²) in [6, 6.07) is 14.5. The van der Waals surface area contributed by atoms with Crippen LogP contribution in [0.5, 0.6) is 17.2 Å². The second-order valence-electron chi connectivity index (χ2n) is 7.53. The number of hydrogen-bond donors (Lipinski definition) is 1. The molecule has 2 atom stereocenters. The van der Waals surface area contributed by atoms with Gasteiger partial charge in [-0.2, -0.15) is 0 Å². The Bertz CT molecular complexity index is 820. The van der Waals surface area contributed by atoms with Crippen molar-refractivity contribution < 1.29 is 24.1 Å². The van der Waals surface area contributed by atoms with E-state index in [9.17, 15) is 9.90 Å². The highest BCUT2D eigenvalue weighted by Crippen LogP contribution is 2.42. The van der Waals surface area contributed by atoms with E-state index in [1.165, 1.54) is 0 Å². The zero-order chi connectivity index (χ0) is 19.6. The average Bonchev–Trinajstić information content (AvgIpc) is 3.15. The monoisotopic (exact) mass is 383 g/mol. The Morgan fingerprint density at radius 3 is 2.39 bits per heavy atom. The van der Waals surface area contributed by atoms with Gasteiger partial charge in [0.25, 0.3) is 5.91 Å². The Kier molecular flexibility index (Phi) is 5.24. The molecule has 0 unspecified atom stereocenters. The Balaban J connectivity index is 1.42. The van der Waals surface area contributed by atoms with Crippen molar-refractivity contribution in [1.82, 2.24) is 4.90 Å². The van der Waals surface area contributed by atoms with E-state index in [2.05, 4.69) is 0 Å². The van der Waals surface area contributed by atoms with Crippen LogP contribution in [0.25, 0.3) is 0 Å². The highest BCUT2D eigenvalue weighted by Gasteiger charge is 2.49. The molecule has 2 saturated heterocycles. The molecule has 0 spiro atoms. The molecule has 0 radical (unpaired) electrons. The Morgan fingerprint density at radius 2 is 1.79 bits per heavy atom. The fourth-order valence-corrected chi connectivity index (χ4v) is 4.09. The third kappa shape index (κ3) is 3.57. The molecule has 0 aliphatic carbocycles. The summed E-state index contributed by atoms with van der Waals surface area (Å²) in [5.74, 6) is 2.32. The highest BCUT2D eigenvalue weighted by molar-refractivity contribution is 5.94. The number of aliphatic hydroxyl groups excluding tert-OH is 1. The van der Waals surface area contributed by atoms with Crippen molar-refractivity contribution in [2.45, 2.75) is 6.42 Å². The van der Waals surface area contributed by atoms with Gasteiger partial charge < -0.3 is 24.2 Å². The minimum Gasteiger partial charge on any atom is -0.497 e. The molecule has 2 aliphatic heterocycles. The number of fused-ring (bicyclic) bond motifs is 1. The number of rotatable bonds is 5. The zero-order valence-corrected chi connectivity index (χ0v) is 16.0. The number of benzene rings is 2. The fourth-order valence-electron chi connectivity index (χ4n) is 4.09. The second kappa shape index (κ2) is 7.81. The van der Waals surface area contributed by atoms with Crippen molar-refractivity contribution in [2.24, 2.45) is 11.3 Å². The summed E-state index contributed by atoms with van der Waals surface area (Å²) >= 11 is 0. The van der Waals surface area contributed by atoms with Gasteiger partial charge in [0.1, 0.15) is 17.2 Å². The number of ether oxygens (including phenoxy) is 3. The van der Waals surface area contributed by atoms with Gasteiger partial charge in [-0.25, -0.2) is 0 Å². The van der Waals surface area contributed by atoms with E-state index in [-0.39, 0.29) is 23.8 Å². The summed E-state index contributed by atoms with van der Waals surface area (Å²) in [5.41, 5.74) is 0.403. The normalized spacial score (nSPS) is 23.9. The van der Waals surface area contributed by atoms with Gasteiger partial charge in [-0.05, 0) is 55.0 Å². The number of methoxy groups -OCH3 is 1. The average molecular weight is 383 g/mol. The molecule has 2 aliphatic rings. The molecule has 2 aromatic carbocycles. The van der Waals surface area contributed by atoms with Crippen LogP contribution in [0.3, 0.4) is 0 Å². The molecule has 6 nitrogen and oxygen atoms in total. The quantitative estimate of drug-likeness (QED) is 0.860.